The van der Waals surface area contributed by atoms with Crippen molar-refractivity contribution in [1.82, 2.24) is 9.78 Å². The van der Waals surface area contributed by atoms with Crippen LogP contribution in [0.4, 0.5) is 11.5 Å². The van der Waals surface area contributed by atoms with Crippen LogP contribution in [0.3, 0.4) is 0 Å². The lowest BCUT2D eigenvalue weighted by atomic mass is 9.84. The van der Waals surface area contributed by atoms with Gasteiger partial charge in [0.1, 0.15) is 6.26 Å². The van der Waals surface area contributed by atoms with E-state index in [4.69, 9.17) is 26.4 Å². The number of hydrogen-bond donors (Lipinski definition) is 0. The number of likely N-dealkylation sites (N-methyl/N-ethyl adjacent to an activating group) is 1. The number of aromatic nitrogens is 2. The van der Waals surface area contributed by atoms with E-state index >= 15 is 0 Å². The first-order valence-electron chi connectivity index (χ1n) is 10.2. The molecule has 5 nitrogen and oxygen atoms in total. The molecule has 0 N–H and O–H groups in total. The van der Waals surface area contributed by atoms with Crippen molar-refractivity contribution in [3.05, 3.63) is 76.9 Å². The van der Waals surface area contributed by atoms with Crippen LogP contribution in [-0.4, -0.2) is 30.2 Å². The molecule has 3 aromatic rings. The fraction of sp³-hybridized carbons (Fsp3) is 0.250. The Morgan fingerprint density at radius 2 is 1.71 bits per heavy atom. The van der Waals surface area contributed by atoms with E-state index in [-0.39, 0.29) is 5.41 Å². The lowest BCUT2D eigenvalue weighted by Crippen LogP contribution is -2.28. The van der Waals surface area contributed by atoms with E-state index in [1.165, 1.54) is 11.3 Å². The SMILES string of the molecule is COP1(=S)/C(=C2\N(C)c3ccccc3C2(C)C)C=Nc2c1c(C)nn2-c1ccccc1. The van der Waals surface area contributed by atoms with E-state index in [9.17, 15) is 0 Å². The molecule has 2 aliphatic heterocycles. The molecule has 5 rings (SSSR count). The number of nitrogens with zero attached hydrogens (tertiary/aromatic N) is 4. The largest absolute Gasteiger partial charge is 0.346 e. The lowest BCUT2D eigenvalue weighted by Gasteiger charge is -2.33. The van der Waals surface area contributed by atoms with Crippen molar-refractivity contribution in [2.24, 2.45) is 4.99 Å². The first-order chi connectivity index (χ1) is 14.8. The molecule has 1 unspecified atom stereocenters. The van der Waals surface area contributed by atoms with Gasteiger partial charge in [-0.2, -0.15) is 5.10 Å². The molecule has 0 amide bonds. The highest BCUT2D eigenvalue weighted by Gasteiger charge is 2.45. The van der Waals surface area contributed by atoms with Crippen molar-refractivity contribution in [3.8, 4) is 5.69 Å². The van der Waals surface area contributed by atoms with E-state index in [1.807, 2.05) is 48.2 Å². The Hall–Kier alpha value is -2.53. The zero-order chi connectivity index (χ0) is 22.0. The zero-order valence-corrected chi connectivity index (χ0v) is 20.0. The predicted molar refractivity (Wildman–Crippen MR) is 132 cm³/mol. The molecule has 7 heteroatoms. The normalized spacial score (nSPS) is 23.7. The Labute approximate surface area is 188 Å². The first kappa shape index (κ1) is 20.4. The summed E-state index contributed by atoms with van der Waals surface area (Å²) in [6.45, 7) is 6.49. The number of hydrogen-bond acceptors (Lipinski definition) is 5. The molecule has 2 aromatic carbocycles. The van der Waals surface area contributed by atoms with Crippen LogP contribution >= 0.6 is 6.26 Å². The number of allylic oxidation sites excluding steroid dienone is 2. The number of benzene rings is 2. The third kappa shape index (κ3) is 2.75. The number of rotatable bonds is 2. The summed E-state index contributed by atoms with van der Waals surface area (Å²) in [5.74, 6) is 0.772. The molecule has 3 heterocycles. The van der Waals surface area contributed by atoms with Crippen LogP contribution in [-0.2, 0) is 21.7 Å². The molecule has 0 spiro atoms. The van der Waals surface area contributed by atoms with E-state index in [2.05, 4.69) is 50.1 Å². The van der Waals surface area contributed by atoms with Crippen molar-refractivity contribution in [1.29, 1.82) is 0 Å². The van der Waals surface area contributed by atoms with Crippen LogP contribution in [0.1, 0.15) is 25.1 Å². The van der Waals surface area contributed by atoms with Crippen LogP contribution in [0.5, 0.6) is 0 Å². The van der Waals surface area contributed by atoms with Crippen molar-refractivity contribution in [2.45, 2.75) is 26.2 Å². The van der Waals surface area contributed by atoms with Gasteiger partial charge in [-0.25, -0.2) is 9.67 Å². The molecular formula is C24H25N4OPS. The van der Waals surface area contributed by atoms with E-state index in [1.54, 1.807) is 7.11 Å². The summed E-state index contributed by atoms with van der Waals surface area (Å²) in [5.41, 5.74) is 5.26. The summed E-state index contributed by atoms with van der Waals surface area (Å²) in [4.78, 5) is 7.14. The molecule has 1 aromatic heterocycles. The molecule has 31 heavy (non-hydrogen) atoms. The third-order valence-electron chi connectivity index (χ3n) is 6.29. The first-order valence-corrected chi connectivity index (χ1v) is 13.0. The standard InChI is InChI=1S/C24H25N4OPS/c1-16-21-23(28(26-16)17-11-7-6-8-12-17)25-15-20(30(21,31)29-5)22-24(2,3)18-13-9-10-14-19(18)27(22)4/h6-15H,1-5H3/b22-20-. The highest BCUT2D eigenvalue weighted by atomic mass is 32.4. The summed E-state index contributed by atoms with van der Waals surface area (Å²) in [6, 6.07) is 18.6. The van der Waals surface area contributed by atoms with Crippen molar-refractivity contribution >= 4 is 41.1 Å². The fourth-order valence-corrected chi connectivity index (χ4v) is 8.35. The van der Waals surface area contributed by atoms with Crippen LogP contribution < -0.4 is 10.2 Å². The van der Waals surface area contributed by atoms with Gasteiger partial charge in [-0.3, -0.25) is 0 Å². The van der Waals surface area contributed by atoms with Gasteiger partial charge in [0, 0.05) is 37.2 Å². The van der Waals surface area contributed by atoms with Gasteiger partial charge in [0.25, 0.3) is 0 Å². The smallest absolute Gasteiger partial charge is 0.166 e. The van der Waals surface area contributed by atoms with Crippen molar-refractivity contribution in [3.63, 3.8) is 0 Å². The van der Waals surface area contributed by atoms with Crippen molar-refractivity contribution < 1.29 is 4.52 Å². The monoisotopic (exact) mass is 448 g/mol. The minimum Gasteiger partial charge on any atom is -0.346 e. The summed E-state index contributed by atoms with van der Waals surface area (Å²) < 4.78 is 8.07. The number of para-hydroxylation sites is 2. The van der Waals surface area contributed by atoms with Crippen LogP contribution in [0.25, 0.3) is 5.69 Å². The molecule has 0 fully saturated rings. The maximum atomic E-state index is 6.34. The van der Waals surface area contributed by atoms with Gasteiger partial charge < -0.3 is 9.42 Å². The van der Waals surface area contributed by atoms with Crippen molar-refractivity contribution in [2.75, 3.05) is 19.1 Å². The summed E-state index contributed by atoms with van der Waals surface area (Å²) in [5, 5.41) is 6.75. The average Bonchev–Trinajstić information content (AvgIpc) is 3.22. The van der Waals surface area contributed by atoms with Crippen LogP contribution in [0.2, 0.25) is 0 Å². The number of fused-ring (bicyclic) bond motifs is 2. The number of anilines is 1. The molecule has 0 saturated heterocycles. The number of aryl methyl sites for hydroxylation is 1. The predicted octanol–water partition coefficient (Wildman–Crippen LogP) is 5.20. The quantitative estimate of drug-likeness (QED) is 0.506. The fourth-order valence-electron chi connectivity index (χ4n) is 4.88. The summed E-state index contributed by atoms with van der Waals surface area (Å²) in [7, 11) is 3.83. The Bertz CT molecular complexity index is 1310. The minimum absolute atomic E-state index is 0.212. The van der Waals surface area contributed by atoms with E-state index in [0.29, 0.717) is 0 Å². The highest BCUT2D eigenvalue weighted by molar-refractivity contribution is 8.18. The van der Waals surface area contributed by atoms with Gasteiger partial charge in [0.15, 0.2) is 5.82 Å². The maximum Gasteiger partial charge on any atom is 0.166 e. The van der Waals surface area contributed by atoms with Crippen LogP contribution in [0.15, 0.2) is 70.6 Å². The minimum atomic E-state index is -2.59. The second-order valence-corrected chi connectivity index (χ2v) is 12.4. The van der Waals surface area contributed by atoms with Gasteiger partial charge in [-0.15, -0.1) is 0 Å². The van der Waals surface area contributed by atoms with Crippen LogP contribution in [0, 0.1) is 6.92 Å². The Morgan fingerprint density at radius 1 is 1.03 bits per heavy atom. The Balaban J connectivity index is 1.78. The molecule has 0 radical (unpaired) electrons. The Kier molecular flexibility index (Phi) is 4.60. The second kappa shape index (κ2) is 6.99. The maximum absolute atomic E-state index is 6.34. The molecular weight excluding hydrogens is 423 g/mol. The zero-order valence-electron chi connectivity index (χ0n) is 18.3. The Morgan fingerprint density at radius 3 is 2.39 bits per heavy atom. The van der Waals surface area contributed by atoms with E-state index in [0.717, 1.165) is 33.5 Å². The summed E-state index contributed by atoms with van der Waals surface area (Å²) in [6.07, 6.45) is -0.665. The second-order valence-electron chi connectivity index (χ2n) is 8.43. The van der Waals surface area contributed by atoms with Gasteiger partial charge in [0.05, 0.1) is 22.0 Å². The number of aliphatic imine (C=N–C) groups is 1. The molecule has 158 valence electrons. The highest BCUT2D eigenvalue weighted by Crippen LogP contribution is 2.62. The third-order valence-corrected chi connectivity index (χ3v) is 10.5. The molecule has 0 saturated carbocycles. The molecule has 2 aliphatic rings. The van der Waals surface area contributed by atoms with Gasteiger partial charge in [0.2, 0.25) is 0 Å². The topological polar surface area (TPSA) is 42.6 Å². The lowest BCUT2D eigenvalue weighted by molar-refractivity contribution is 0.470. The summed E-state index contributed by atoms with van der Waals surface area (Å²) >= 11 is 6.34. The average molecular weight is 449 g/mol. The van der Waals surface area contributed by atoms with Gasteiger partial charge >= 0.3 is 0 Å². The van der Waals surface area contributed by atoms with E-state index < -0.39 is 6.26 Å². The molecule has 0 aliphatic carbocycles. The van der Waals surface area contributed by atoms with Gasteiger partial charge in [-0.05, 0) is 30.7 Å². The molecule has 0 bridgehead atoms. The van der Waals surface area contributed by atoms with Gasteiger partial charge in [-0.1, -0.05) is 62.1 Å². The molecule has 1 atom stereocenters.